The molecule has 2 aliphatic carbocycles. The van der Waals surface area contributed by atoms with Gasteiger partial charge in [-0.3, -0.25) is 9.20 Å². The highest BCUT2D eigenvalue weighted by molar-refractivity contribution is 7.17. The third-order valence-electron chi connectivity index (χ3n) is 5.96. The minimum atomic E-state index is -0.0488. The second kappa shape index (κ2) is 6.54. The van der Waals surface area contributed by atoms with E-state index < -0.39 is 0 Å². The van der Waals surface area contributed by atoms with Gasteiger partial charge in [-0.15, -0.1) is 11.3 Å². The van der Waals surface area contributed by atoms with E-state index in [2.05, 4.69) is 12.1 Å². The van der Waals surface area contributed by atoms with Crippen LogP contribution in [0.1, 0.15) is 64.1 Å². The molecule has 0 spiro atoms. The second-order valence-electron chi connectivity index (χ2n) is 8.01. The molecule has 2 heterocycles. The Labute approximate surface area is 166 Å². The molecule has 0 saturated heterocycles. The van der Waals surface area contributed by atoms with E-state index in [9.17, 15) is 15.2 Å². The summed E-state index contributed by atoms with van der Waals surface area (Å²) in [6.45, 7) is 2.20. The number of thiazole rings is 1. The monoisotopic (exact) mass is 391 g/mol. The van der Waals surface area contributed by atoms with Gasteiger partial charge in [0.1, 0.15) is 0 Å². The molecule has 28 heavy (non-hydrogen) atoms. The van der Waals surface area contributed by atoms with E-state index in [1.165, 1.54) is 18.4 Å². The van der Waals surface area contributed by atoms with Crippen molar-refractivity contribution in [3.8, 4) is 6.07 Å². The van der Waals surface area contributed by atoms with E-state index in [0.29, 0.717) is 17.9 Å². The summed E-state index contributed by atoms with van der Waals surface area (Å²) in [7, 11) is 0. The Morgan fingerprint density at radius 1 is 1.36 bits per heavy atom. The first-order chi connectivity index (χ1) is 13.6. The first-order valence-electron chi connectivity index (χ1n) is 9.74. The van der Waals surface area contributed by atoms with Crippen molar-refractivity contribution in [3.63, 3.8) is 0 Å². The lowest BCUT2D eigenvalue weighted by Gasteiger charge is -2.09. The third kappa shape index (κ3) is 2.95. The highest BCUT2D eigenvalue weighted by Crippen LogP contribution is 2.49. The summed E-state index contributed by atoms with van der Waals surface area (Å²) < 4.78 is 1.73. The molecule has 5 rings (SSSR count). The van der Waals surface area contributed by atoms with Gasteiger partial charge in [-0.05, 0) is 61.3 Å². The molecular weight excluding hydrogens is 370 g/mol. The fraction of sp³-hybridized carbons (Fsp3) is 0.409. The highest BCUT2D eigenvalue weighted by Gasteiger charge is 2.41. The third-order valence-corrected chi connectivity index (χ3v) is 6.93. The number of benzene rings is 1. The van der Waals surface area contributed by atoms with E-state index >= 15 is 0 Å². The number of aliphatic hydroxyl groups is 1. The fourth-order valence-corrected chi connectivity index (χ4v) is 5.32. The number of hydrogen-bond acceptors (Lipinski definition) is 5. The summed E-state index contributed by atoms with van der Waals surface area (Å²) in [6, 6.07) is 9.73. The van der Waals surface area contributed by atoms with E-state index in [1.54, 1.807) is 21.8 Å². The number of aryl methyl sites for hydroxylation is 1. The van der Waals surface area contributed by atoms with Crippen molar-refractivity contribution in [3.05, 3.63) is 67.6 Å². The molecule has 0 unspecified atom stereocenters. The van der Waals surface area contributed by atoms with Crippen LogP contribution in [0, 0.1) is 24.2 Å². The zero-order valence-electron chi connectivity index (χ0n) is 15.7. The number of fused-ring (bicyclic) bond motifs is 1. The molecule has 3 aromatic rings. The normalized spacial score (nSPS) is 21.0. The smallest absolute Gasteiger partial charge is 0.258 e. The second-order valence-corrected chi connectivity index (χ2v) is 9.19. The van der Waals surface area contributed by atoms with Crippen molar-refractivity contribution in [1.29, 1.82) is 5.26 Å². The molecule has 2 saturated carbocycles. The molecule has 0 amide bonds. The fourth-order valence-electron chi connectivity index (χ4n) is 4.26. The number of aromatic nitrogens is 2. The summed E-state index contributed by atoms with van der Waals surface area (Å²) in [5.74, 6) is 1.10. The molecule has 0 radical (unpaired) electrons. The molecule has 2 fully saturated rings. The molecular formula is C22H21N3O2S. The molecule has 2 atom stereocenters. The van der Waals surface area contributed by atoms with Crippen molar-refractivity contribution in [1.82, 2.24) is 9.38 Å². The van der Waals surface area contributed by atoms with Gasteiger partial charge in [0, 0.05) is 35.6 Å². The Balaban J connectivity index is 1.55. The summed E-state index contributed by atoms with van der Waals surface area (Å²) in [5, 5.41) is 18.7. The van der Waals surface area contributed by atoms with Gasteiger partial charge >= 0.3 is 0 Å². The van der Waals surface area contributed by atoms with E-state index in [1.807, 2.05) is 19.1 Å². The van der Waals surface area contributed by atoms with Crippen LogP contribution in [0.4, 0.5) is 0 Å². The maximum Gasteiger partial charge on any atom is 0.258 e. The number of nitrogens with zero attached hydrogens (tertiary/aromatic N) is 3. The van der Waals surface area contributed by atoms with Gasteiger partial charge in [0.25, 0.3) is 5.56 Å². The Kier molecular flexibility index (Phi) is 4.11. The average Bonchev–Trinajstić information content (AvgIpc) is 3.59. The van der Waals surface area contributed by atoms with Gasteiger partial charge in [0.05, 0.1) is 17.3 Å². The predicted octanol–water partition coefficient (Wildman–Crippen LogP) is 3.50. The summed E-state index contributed by atoms with van der Waals surface area (Å²) in [6.07, 6.45) is 3.88. The highest BCUT2D eigenvalue weighted by atomic mass is 32.1. The van der Waals surface area contributed by atoms with Crippen LogP contribution in [0.25, 0.3) is 4.96 Å². The van der Waals surface area contributed by atoms with Crippen LogP contribution >= 0.6 is 11.3 Å². The molecule has 2 aliphatic rings. The number of hydrogen-bond donors (Lipinski definition) is 1. The summed E-state index contributed by atoms with van der Waals surface area (Å²) in [4.78, 5) is 19.5. The maximum absolute atomic E-state index is 12.9. The quantitative estimate of drug-likeness (QED) is 0.722. The SMILES string of the molecule is Cc1sc2nc(Cc3cc(C#N)ccc3C3CC3)cc(=O)n2c1[C@@H]1C[C@H]1CO. The van der Waals surface area contributed by atoms with Gasteiger partial charge in [-0.1, -0.05) is 6.07 Å². The number of nitriles is 1. The molecule has 5 nitrogen and oxygen atoms in total. The van der Waals surface area contributed by atoms with E-state index in [0.717, 1.165) is 33.2 Å². The van der Waals surface area contributed by atoms with Crippen LogP contribution in [0.15, 0.2) is 29.1 Å². The number of aliphatic hydroxyl groups excluding tert-OH is 1. The van der Waals surface area contributed by atoms with Crippen molar-refractivity contribution >= 4 is 16.3 Å². The van der Waals surface area contributed by atoms with Crippen LogP contribution in [0.2, 0.25) is 0 Å². The standard InChI is InChI=1S/C22H21N3O2S/c1-12-21(19-8-16(19)11-26)25-20(27)9-17(24-22(25)28-12)7-15-6-13(10-23)2-5-18(15)14-3-4-14/h2,5-6,9,14,16,19,26H,3-4,7-8,11H2,1H3/t16-,19+/m0/s1. The Morgan fingerprint density at radius 2 is 2.18 bits per heavy atom. The first-order valence-corrected chi connectivity index (χ1v) is 10.6. The average molecular weight is 391 g/mol. The van der Waals surface area contributed by atoms with Gasteiger partial charge in [-0.2, -0.15) is 5.26 Å². The summed E-state index contributed by atoms with van der Waals surface area (Å²) in [5.41, 5.74) is 4.77. The zero-order valence-corrected chi connectivity index (χ0v) is 16.5. The zero-order chi connectivity index (χ0) is 19.4. The van der Waals surface area contributed by atoms with Crippen molar-refractivity contribution in [2.75, 3.05) is 6.61 Å². The molecule has 1 aromatic carbocycles. The van der Waals surface area contributed by atoms with Gasteiger partial charge < -0.3 is 5.11 Å². The molecule has 0 bridgehead atoms. The molecule has 2 aromatic heterocycles. The van der Waals surface area contributed by atoms with Crippen LogP contribution in [-0.4, -0.2) is 21.1 Å². The van der Waals surface area contributed by atoms with Crippen LogP contribution in [0.5, 0.6) is 0 Å². The minimum absolute atomic E-state index is 0.0488. The molecule has 6 heteroatoms. The lowest BCUT2D eigenvalue weighted by molar-refractivity contribution is 0.273. The van der Waals surface area contributed by atoms with Crippen LogP contribution < -0.4 is 5.56 Å². The Hall–Kier alpha value is -2.49. The van der Waals surface area contributed by atoms with Crippen molar-refractivity contribution < 1.29 is 5.11 Å². The van der Waals surface area contributed by atoms with Crippen molar-refractivity contribution in [2.24, 2.45) is 5.92 Å². The van der Waals surface area contributed by atoms with E-state index in [4.69, 9.17) is 4.98 Å². The van der Waals surface area contributed by atoms with Gasteiger partial charge in [-0.25, -0.2) is 4.98 Å². The molecule has 0 aliphatic heterocycles. The molecule has 1 N–H and O–H groups in total. The topological polar surface area (TPSA) is 78.4 Å². The van der Waals surface area contributed by atoms with E-state index in [-0.39, 0.29) is 24.0 Å². The Bertz CT molecular complexity index is 1180. The van der Waals surface area contributed by atoms with Crippen LogP contribution in [0.3, 0.4) is 0 Å². The number of rotatable bonds is 5. The predicted molar refractivity (Wildman–Crippen MR) is 108 cm³/mol. The maximum atomic E-state index is 12.9. The minimum Gasteiger partial charge on any atom is -0.396 e. The Morgan fingerprint density at radius 3 is 2.86 bits per heavy atom. The van der Waals surface area contributed by atoms with Gasteiger partial charge in [0.15, 0.2) is 4.96 Å². The lowest BCUT2D eigenvalue weighted by atomic mass is 9.97. The largest absolute Gasteiger partial charge is 0.396 e. The van der Waals surface area contributed by atoms with Crippen molar-refractivity contribution in [2.45, 2.75) is 44.4 Å². The molecule has 142 valence electrons. The lowest BCUT2D eigenvalue weighted by Crippen LogP contribution is -2.17. The van der Waals surface area contributed by atoms with Crippen LogP contribution in [-0.2, 0) is 6.42 Å². The van der Waals surface area contributed by atoms with Gasteiger partial charge in [0.2, 0.25) is 0 Å². The first kappa shape index (κ1) is 17.6. The summed E-state index contributed by atoms with van der Waals surface area (Å²) >= 11 is 1.55.